The first kappa shape index (κ1) is 14.3. The number of hydrogen-bond donors (Lipinski definition) is 1. The maximum atomic E-state index is 11.5. The molecule has 0 radical (unpaired) electrons. The predicted molar refractivity (Wildman–Crippen MR) is 75.8 cm³/mol. The minimum Gasteiger partial charge on any atom is -0.453 e. The van der Waals surface area contributed by atoms with Crippen molar-refractivity contribution < 1.29 is 14.6 Å². The molecular formula is C14H18BrNO3. The van der Waals surface area contributed by atoms with Crippen LogP contribution < -0.4 is 0 Å². The van der Waals surface area contributed by atoms with E-state index < -0.39 is 5.60 Å². The Morgan fingerprint density at radius 2 is 2.11 bits per heavy atom. The van der Waals surface area contributed by atoms with Gasteiger partial charge < -0.3 is 14.7 Å². The highest BCUT2D eigenvalue weighted by molar-refractivity contribution is 9.10. The maximum absolute atomic E-state index is 11.5. The van der Waals surface area contributed by atoms with Crippen LogP contribution in [-0.4, -0.2) is 36.3 Å². The lowest BCUT2D eigenvalue weighted by Gasteiger charge is -2.43. The number of piperidine rings is 1. The summed E-state index contributed by atoms with van der Waals surface area (Å²) in [7, 11) is 1.38. The van der Waals surface area contributed by atoms with Gasteiger partial charge in [-0.15, -0.1) is 0 Å². The lowest BCUT2D eigenvalue weighted by atomic mass is 9.77. The van der Waals surface area contributed by atoms with E-state index in [2.05, 4.69) is 15.9 Å². The van der Waals surface area contributed by atoms with Gasteiger partial charge in [-0.05, 0) is 24.1 Å². The molecule has 1 heterocycles. The van der Waals surface area contributed by atoms with Gasteiger partial charge in [0.2, 0.25) is 0 Å². The number of ether oxygens (including phenoxy) is 1. The summed E-state index contributed by atoms with van der Waals surface area (Å²) < 4.78 is 5.71. The van der Waals surface area contributed by atoms with E-state index in [4.69, 9.17) is 4.74 Å². The largest absolute Gasteiger partial charge is 0.453 e. The molecule has 0 bridgehead atoms. The van der Waals surface area contributed by atoms with Gasteiger partial charge in [0.25, 0.3) is 0 Å². The number of likely N-dealkylation sites (tertiary alicyclic amines) is 1. The molecule has 1 amide bonds. The molecule has 0 aromatic heterocycles. The van der Waals surface area contributed by atoms with Crippen LogP contribution in [-0.2, 0) is 10.3 Å². The quantitative estimate of drug-likeness (QED) is 0.862. The molecule has 1 aliphatic heterocycles. The predicted octanol–water partition coefficient (Wildman–Crippen LogP) is 2.74. The molecule has 2 rings (SSSR count). The third-order valence-corrected chi connectivity index (χ3v) is 4.38. The van der Waals surface area contributed by atoms with E-state index in [9.17, 15) is 9.90 Å². The fraction of sp³-hybridized carbons (Fsp3) is 0.500. The maximum Gasteiger partial charge on any atom is 0.409 e. The molecule has 5 heteroatoms. The van der Waals surface area contributed by atoms with Crippen molar-refractivity contribution >= 4 is 22.0 Å². The van der Waals surface area contributed by atoms with Crippen LogP contribution in [0.25, 0.3) is 0 Å². The molecule has 19 heavy (non-hydrogen) atoms. The summed E-state index contributed by atoms with van der Waals surface area (Å²) in [5.41, 5.74) is 0.0123. The summed E-state index contributed by atoms with van der Waals surface area (Å²) in [5, 5.41) is 10.9. The number of amides is 1. The van der Waals surface area contributed by atoms with Gasteiger partial charge in [-0.1, -0.05) is 35.0 Å². The summed E-state index contributed by atoms with van der Waals surface area (Å²) in [6.45, 7) is 2.96. The van der Waals surface area contributed by atoms with E-state index >= 15 is 0 Å². The van der Waals surface area contributed by atoms with Gasteiger partial charge >= 0.3 is 6.09 Å². The number of carbonyl (C=O) groups excluding carboxylic acids is 1. The van der Waals surface area contributed by atoms with E-state index in [-0.39, 0.29) is 12.0 Å². The van der Waals surface area contributed by atoms with Crippen molar-refractivity contribution in [2.24, 2.45) is 5.92 Å². The average molecular weight is 328 g/mol. The minimum atomic E-state index is -0.884. The smallest absolute Gasteiger partial charge is 0.409 e. The lowest BCUT2D eigenvalue weighted by molar-refractivity contribution is -0.0666. The Labute approximate surface area is 121 Å². The standard InChI is InChI=1S/C14H18BrNO3/c1-10-9-16(13(17)19-2)8-7-14(10,18)11-3-5-12(15)6-4-11/h3-6,10,18H,7-9H2,1-2H3. The Bertz CT molecular complexity index is 462. The van der Waals surface area contributed by atoms with Crippen molar-refractivity contribution in [3.05, 3.63) is 34.3 Å². The lowest BCUT2D eigenvalue weighted by Crippen LogP contribution is -2.50. The molecule has 1 saturated heterocycles. The zero-order valence-corrected chi connectivity index (χ0v) is 12.7. The average Bonchev–Trinajstić information content (AvgIpc) is 2.41. The molecule has 0 saturated carbocycles. The van der Waals surface area contributed by atoms with Gasteiger partial charge in [-0.3, -0.25) is 0 Å². The topological polar surface area (TPSA) is 49.8 Å². The highest BCUT2D eigenvalue weighted by Gasteiger charge is 2.41. The summed E-state index contributed by atoms with van der Waals surface area (Å²) in [6.07, 6.45) is 0.190. The van der Waals surface area contributed by atoms with Crippen molar-refractivity contribution in [3.63, 3.8) is 0 Å². The summed E-state index contributed by atoms with van der Waals surface area (Å²) in [4.78, 5) is 13.2. The highest BCUT2D eigenvalue weighted by Crippen LogP contribution is 2.37. The van der Waals surface area contributed by atoms with Crippen LogP contribution in [0.5, 0.6) is 0 Å². The fourth-order valence-electron chi connectivity index (χ4n) is 2.59. The SMILES string of the molecule is COC(=O)N1CCC(O)(c2ccc(Br)cc2)C(C)C1. The molecule has 0 spiro atoms. The van der Waals surface area contributed by atoms with Gasteiger partial charge in [0.1, 0.15) is 0 Å². The molecular weight excluding hydrogens is 310 g/mol. The van der Waals surface area contributed by atoms with Crippen LogP contribution in [0.3, 0.4) is 0 Å². The third-order valence-electron chi connectivity index (χ3n) is 3.85. The monoisotopic (exact) mass is 327 g/mol. The van der Waals surface area contributed by atoms with E-state index in [1.807, 2.05) is 31.2 Å². The zero-order valence-electron chi connectivity index (χ0n) is 11.1. The molecule has 1 aromatic carbocycles. The van der Waals surface area contributed by atoms with Crippen molar-refractivity contribution in [2.75, 3.05) is 20.2 Å². The molecule has 1 N–H and O–H groups in total. The number of halogens is 1. The van der Waals surface area contributed by atoms with Crippen molar-refractivity contribution in [1.29, 1.82) is 0 Å². The van der Waals surface area contributed by atoms with Gasteiger partial charge in [-0.2, -0.15) is 0 Å². The zero-order chi connectivity index (χ0) is 14.0. The van der Waals surface area contributed by atoms with Gasteiger partial charge in [-0.25, -0.2) is 4.79 Å². The second-order valence-corrected chi connectivity index (χ2v) is 5.91. The summed E-state index contributed by atoms with van der Waals surface area (Å²) in [5.74, 6) is -0.0403. The number of aliphatic hydroxyl groups is 1. The number of methoxy groups -OCH3 is 1. The molecule has 104 valence electrons. The van der Waals surface area contributed by atoms with Gasteiger partial charge in [0.05, 0.1) is 12.7 Å². The third kappa shape index (κ3) is 2.77. The minimum absolute atomic E-state index is 0.0403. The van der Waals surface area contributed by atoms with Gasteiger partial charge in [0, 0.05) is 23.5 Å². The Balaban J connectivity index is 2.18. The van der Waals surface area contributed by atoms with Crippen LogP contribution >= 0.6 is 15.9 Å². The van der Waals surface area contributed by atoms with Crippen molar-refractivity contribution in [1.82, 2.24) is 4.90 Å². The van der Waals surface area contributed by atoms with E-state index in [1.54, 1.807) is 4.90 Å². The molecule has 1 aliphatic rings. The number of rotatable bonds is 1. The first-order chi connectivity index (χ1) is 8.97. The first-order valence-electron chi connectivity index (χ1n) is 6.28. The van der Waals surface area contributed by atoms with E-state index in [1.165, 1.54) is 7.11 Å². The van der Waals surface area contributed by atoms with Crippen LogP contribution in [0.2, 0.25) is 0 Å². The molecule has 4 nitrogen and oxygen atoms in total. The molecule has 0 aliphatic carbocycles. The van der Waals surface area contributed by atoms with Crippen molar-refractivity contribution in [3.8, 4) is 0 Å². The molecule has 1 aromatic rings. The van der Waals surface area contributed by atoms with Crippen LogP contribution in [0, 0.1) is 5.92 Å². The van der Waals surface area contributed by atoms with E-state index in [0.717, 1.165) is 10.0 Å². The van der Waals surface area contributed by atoms with E-state index in [0.29, 0.717) is 19.5 Å². The Hall–Kier alpha value is -1.07. The fourth-order valence-corrected chi connectivity index (χ4v) is 2.85. The van der Waals surface area contributed by atoms with Crippen molar-refractivity contribution in [2.45, 2.75) is 18.9 Å². The van der Waals surface area contributed by atoms with Crippen LogP contribution in [0.15, 0.2) is 28.7 Å². The Morgan fingerprint density at radius 1 is 1.47 bits per heavy atom. The van der Waals surface area contributed by atoms with Crippen LogP contribution in [0.4, 0.5) is 4.79 Å². The number of benzene rings is 1. The Kier molecular flexibility index (Phi) is 4.16. The van der Waals surface area contributed by atoms with Gasteiger partial charge in [0.15, 0.2) is 0 Å². The first-order valence-corrected chi connectivity index (χ1v) is 7.08. The molecule has 1 fully saturated rings. The normalized spacial score (nSPS) is 27.2. The highest BCUT2D eigenvalue weighted by atomic mass is 79.9. The molecule has 2 atom stereocenters. The number of carbonyl (C=O) groups is 1. The molecule has 2 unspecified atom stereocenters. The second kappa shape index (κ2) is 5.51. The Morgan fingerprint density at radius 3 is 2.63 bits per heavy atom. The second-order valence-electron chi connectivity index (χ2n) is 5.00. The summed E-state index contributed by atoms with van der Waals surface area (Å²) >= 11 is 3.39. The number of hydrogen-bond acceptors (Lipinski definition) is 3. The summed E-state index contributed by atoms with van der Waals surface area (Å²) in [6, 6.07) is 7.70. The van der Waals surface area contributed by atoms with Crippen LogP contribution in [0.1, 0.15) is 18.9 Å². The number of nitrogens with zero attached hydrogens (tertiary/aromatic N) is 1.